The van der Waals surface area contributed by atoms with Crippen LogP contribution in [0.15, 0.2) is 48.5 Å². The summed E-state index contributed by atoms with van der Waals surface area (Å²) < 4.78 is 32.2. The van der Waals surface area contributed by atoms with Gasteiger partial charge < -0.3 is 15.4 Å². The molecule has 1 fully saturated rings. The molecule has 3 rings (SSSR count). The number of carbonyl (C=O) groups is 2. The Balaban J connectivity index is 1.65. The molecule has 0 spiro atoms. The van der Waals surface area contributed by atoms with Gasteiger partial charge in [-0.3, -0.25) is 4.79 Å². The first kappa shape index (κ1) is 16.9. The minimum Gasteiger partial charge on any atom is -0.445 e. The molecule has 2 aromatic rings. The summed E-state index contributed by atoms with van der Waals surface area (Å²) in [5.41, 5.74) is 0.931. The standard InChI is InChI=1S/C18H16F2N2O3/c19-12-6-7-13(14(20)8-12)17-15(9-16(23)22-17)21-18(24)25-10-11-4-2-1-3-5-11/h1-8,15,17H,9-10H2,(H,21,24)(H,22,23). The highest BCUT2D eigenvalue weighted by molar-refractivity contribution is 5.81. The number of rotatable bonds is 4. The van der Waals surface area contributed by atoms with Crippen LogP contribution in [0.5, 0.6) is 0 Å². The molecule has 7 heteroatoms. The number of alkyl carbamates (subject to hydrolysis) is 1. The summed E-state index contributed by atoms with van der Waals surface area (Å²) in [6, 6.07) is 10.8. The lowest BCUT2D eigenvalue weighted by molar-refractivity contribution is -0.119. The first-order valence-corrected chi connectivity index (χ1v) is 7.74. The minimum absolute atomic E-state index is 0.0120. The van der Waals surface area contributed by atoms with E-state index < -0.39 is 29.8 Å². The fraction of sp³-hybridized carbons (Fsp3) is 0.222. The zero-order valence-corrected chi connectivity index (χ0v) is 13.2. The van der Waals surface area contributed by atoms with E-state index in [4.69, 9.17) is 4.74 Å². The second kappa shape index (κ2) is 7.29. The molecule has 2 amide bonds. The number of ether oxygens (including phenoxy) is 1. The van der Waals surface area contributed by atoms with Gasteiger partial charge in [0.2, 0.25) is 5.91 Å². The Hall–Kier alpha value is -2.96. The zero-order chi connectivity index (χ0) is 17.8. The predicted molar refractivity (Wildman–Crippen MR) is 85.4 cm³/mol. The molecule has 1 saturated heterocycles. The van der Waals surface area contributed by atoms with Gasteiger partial charge in [0.15, 0.2) is 0 Å². The third-order valence-electron chi connectivity index (χ3n) is 3.94. The Morgan fingerprint density at radius 2 is 1.96 bits per heavy atom. The number of halogens is 2. The van der Waals surface area contributed by atoms with Crippen molar-refractivity contribution < 1.29 is 23.1 Å². The van der Waals surface area contributed by atoms with Gasteiger partial charge in [0.05, 0.1) is 12.1 Å². The van der Waals surface area contributed by atoms with Crippen molar-refractivity contribution in [3.05, 3.63) is 71.3 Å². The first-order chi connectivity index (χ1) is 12.0. The molecule has 130 valence electrons. The van der Waals surface area contributed by atoms with Crippen LogP contribution in [-0.2, 0) is 16.1 Å². The Bertz CT molecular complexity index is 783. The van der Waals surface area contributed by atoms with Crippen LogP contribution in [0.3, 0.4) is 0 Å². The average molecular weight is 346 g/mol. The van der Waals surface area contributed by atoms with Crippen LogP contribution >= 0.6 is 0 Å². The lowest BCUT2D eigenvalue weighted by Gasteiger charge is -2.20. The molecule has 2 atom stereocenters. The fourth-order valence-corrected chi connectivity index (χ4v) is 2.75. The van der Waals surface area contributed by atoms with Crippen LogP contribution in [0.2, 0.25) is 0 Å². The minimum atomic E-state index is -0.781. The molecule has 0 saturated carbocycles. The third-order valence-corrected chi connectivity index (χ3v) is 3.94. The molecule has 0 aromatic heterocycles. The van der Waals surface area contributed by atoms with Gasteiger partial charge in [-0.1, -0.05) is 36.4 Å². The van der Waals surface area contributed by atoms with Crippen LogP contribution in [0.1, 0.15) is 23.6 Å². The van der Waals surface area contributed by atoms with Crippen LogP contribution in [-0.4, -0.2) is 18.0 Å². The van der Waals surface area contributed by atoms with E-state index >= 15 is 0 Å². The third kappa shape index (κ3) is 4.12. The van der Waals surface area contributed by atoms with Crippen molar-refractivity contribution in [2.45, 2.75) is 25.1 Å². The van der Waals surface area contributed by atoms with Gasteiger partial charge in [0.25, 0.3) is 0 Å². The molecule has 0 radical (unpaired) electrons. The van der Waals surface area contributed by atoms with Gasteiger partial charge in [0, 0.05) is 18.1 Å². The van der Waals surface area contributed by atoms with Gasteiger partial charge in [0.1, 0.15) is 18.2 Å². The molecule has 2 N–H and O–H groups in total. The zero-order valence-electron chi connectivity index (χ0n) is 13.2. The molecular weight excluding hydrogens is 330 g/mol. The van der Waals surface area contributed by atoms with E-state index in [0.29, 0.717) is 0 Å². The van der Waals surface area contributed by atoms with E-state index in [1.165, 1.54) is 6.07 Å². The number of amides is 2. The Morgan fingerprint density at radius 3 is 2.68 bits per heavy atom. The fourth-order valence-electron chi connectivity index (χ4n) is 2.75. The largest absolute Gasteiger partial charge is 0.445 e. The summed E-state index contributed by atoms with van der Waals surface area (Å²) in [6.45, 7) is 0.0797. The number of benzene rings is 2. The van der Waals surface area contributed by atoms with Crippen LogP contribution in [0.25, 0.3) is 0 Å². The van der Waals surface area contributed by atoms with Crippen molar-refractivity contribution in [3.63, 3.8) is 0 Å². The average Bonchev–Trinajstić information content (AvgIpc) is 2.94. The molecule has 1 heterocycles. The highest BCUT2D eigenvalue weighted by Crippen LogP contribution is 2.27. The molecule has 2 aromatic carbocycles. The van der Waals surface area contributed by atoms with Crippen LogP contribution in [0, 0.1) is 11.6 Å². The molecule has 5 nitrogen and oxygen atoms in total. The van der Waals surface area contributed by atoms with Crippen molar-refractivity contribution in [3.8, 4) is 0 Å². The van der Waals surface area contributed by atoms with E-state index in [-0.39, 0.29) is 24.5 Å². The van der Waals surface area contributed by atoms with Crippen molar-refractivity contribution in [1.29, 1.82) is 0 Å². The Kier molecular flexibility index (Phi) is 4.92. The normalized spacial score (nSPS) is 19.4. The number of hydrogen-bond donors (Lipinski definition) is 2. The van der Waals surface area contributed by atoms with E-state index in [2.05, 4.69) is 10.6 Å². The summed E-state index contributed by atoms with van der Waals surface area (Å²) >= 11 is 0. The molecule has 0 aliphatic carbocycles. The van der Waals surface area contributed by atoms with Crippen molar-refractivity contribution >= 4 is 12.0 Å². The van der Waals surface area contributed by atoms with Crippen molar-refractivity contribution in [2.24, 2.45) is 0 Å². The number of hydrogen-bond acceptors (Lipinski definition) is 3. The lowest BCUT2D eigenvalue weighted by atomic mass is 10.0. The summed E-state index contributed by atoms with van der Waals surface area (Å²) in [6.07, 6.45) is -0.722. The summed E-state index contributed by atoms with van der Waals surface area (Å²) in [7, 11) is 0. The van der Waals surface area contributed by atoms with Crippen LogP contribution in [0.4, 0.5) is 13.6 Å². The number of nitrogens with one attached hydrogen (secondary N) is 2. The Labute approximate surface area is 143 Å². The van der Waals surface area contributed by atoms with E-state index in [0.717, 1.165) is 17.7 Å². The van der Waals surface area contributed by atoms with Gasteiger partial charge >= 0.3 is 6.09 Å². The van der Waals surface area contributed by atoms with Gasteiger partial charge in [-0.05, 0) is 11.6 Å². The highest BCUT2D eigenvalue weighted by atomic mass is 19.1. The molecule has 1 aliphatic rings. The van der Waals surface area contributed by atoms with E-state index in [1.54, 1.807) is 0 Å². The number of carbonyl (C=O) groups excluding carboxylic acids is 2. The molecule has 2 unspecified atom stereocenters. The second-order valence-electron chi connectivity index (χ2n) is 5.73. The molecular formula is C18H16F2N2O3. The van der Waals surface area contributed by atoms with E-state index in [9.17, 15) is 18.4 Å². The summed E-state index contributed by atoms with van der Waals surface area (Å²) in [5.74, 6) is -1.82. The van der Waals surface area contributed by atoms with Crippen molar-refractivity contribution in [2.75, 3.05) is 0 Å². The second-order valence-corrected chi connectivity index (χ2v) is 5.73. The molecule has 1 aliphatic heterocycles. The maximum absolute atomic E-state index is 14.0. The van der Waals surface area contributed by atoms with E-state index in [1.807, 2.05) is 30.3 Å². The topological polar surface area (TPSA) is 67.4 Å². The lowest BCUT2D eigenvalue weighted by Crippen LogP contribution is -2.39. The molecule has 0 bridgehead atoms. The Morgan fingerprint density at radius 1 is 1.20 bits per heavy atom. The predicted octanol–water partition coefficient (Wildman–Crippen LogP) is 2.82. The smallest absolute Gasteiger partial charge is 0.407 e. The first-order valence-electron chi connectivity index (χ1n) is 7.74. The maximum atomic E-state index is 14.0. The van der Waals surface area contributed by atoms with Gasteiger partial charge in [-0.2, -0.15) is 0 Å². The van der Waals surface area contributed by atoms with Crippen molar-refractivity contribution in [1.82, 2.24) is 10.6 Å². The van der Waals surface area contributed by atoms with Gasteiger partial charge in [-0.15, -0.1) is 0 Å². The highest BCUT2D eigenvalue weighted by Gasteiger charge is 2.36. The quantitative estimate of drug-likeness (QED) is 0.895. The summed E-state index contributed by atoms with van der Waals surface area (Å²) in [4.78, 5) is 23.6. The molecule has 25 heavy (non-hydrogen) atoms. The van der Waals surface area contributed by atoms with Crippen LogP contribution < -0.4 is 10.6 Å². The maximum Gasteiger partial charge on any atom is 0.407 e. The van der Waals surface area contributed by atoms with Gasteiger partial charge in [-0.25, -0.2) is 13.6 Å². The summed E-state index contributed by atoms with van der Waals surface area (Å²) in [5, 5.41) is 5.15. The SMILES string of the molecule is O=C1CC(NC(=O)OCc2ccccc2)C(c2ccc(F)cc2F)N1. The monoisotopic (exact) mass is 346 g/mol.